The number of anilines is 2. The molecule has 11 heteroatoms. The van der Waals surface area contributed by atoms with Crippen molar-refractivity contribution in [1.82, 2.24) is 20.2 Å². The van der Waals surface area contributed by atoms with E-state index in [1.807, 2.05) is 12.1 Å². The van der Waals surface area contributed by atoms with Gasteiger partial charge in [0.25, 0.3) is 0 Å². The number of ether oxygens (including phenoxy) is 2. The summed E-state index contributed by atoms with van der Waals surface area (Å²) in [5.74, 6) is 2.72. The number of hydrogen-bond acceptors (Lipinski definition) is 9. The Balaban J connectivity index is 0.905. The largest absolute Gasteiger partial charge is 0.484 e. The second-order valence-electron chi connectivity index (χ2n) is 11.8. The van der Waals surface area contributed by atoms with Gasteiger partial charge in [-0.2, -0.15) is 0 Å². The fraction of sp³-hybridized carbons (Fsp3) is 0.483. The Labute approximate surface area is 230 Å². The fourth-order valence-electron chi connectivity index (χ4n) is 6.71. The third-order valence-corrected chi connectivity index (χ3v) is 9.04. The van der Waals surface area contributed by atoms with Gasteiger partial charge < -0.3 is 29.4 Å². The molecule has 3 fully saturated rings. The fourth-order valence-corrected chi connectivity index (χ4v) is 6.71. The number of pyridine rings is 1. The molecule has 2 aromatic heterocycles. The quantitative estimate of drug-likeness (QED) is 0.508. The van der Waals surface area contributed by atoms with Crippen LogP contribution in [0.2, 0.25) is 0 Å². The van der Waals surface area contributed by atoms with Crippen LogP contribution in [0.5, 0.6) is 5.75 Å². The van der Waals surface area contributed by atoms with Crippen LogP contribution in [0, 0.1) is 11.7 Å². The van der Waals surface area contributed by atoms with Crippen LogP contribution in [0.15, 0.2) is 34.9 Å². The zero-order valence-corrected chi connectivity index (χ0v) is 22.2. The maximum absolute atomic E-state index is 15.4. The second-order valence-corrected chi connectivity index (χ2v) is 11.8. The van der Waals surface area contributed by atoms with Crippen LogP contribution < -0.4 is 20.3 Å². The lowest BCUT2D eigenvalue weighted by molar-refractivity contribution is -0.00211. The maximum Gasteiger partial charge on any atom is 0.416 e. The molecule has 40 heavy (non-hydrogen) atoms. The van der Waals surface area contributed by atoms with Gasteiger partial charge in [0, 0.05) is 51.3 Å². The SMILES string of the molecule is C=C1COc2ccc(N3CC4(CCN(CC5Cc6cc7nc(C8CNC8)oc7c(F)c6C5)CC4)OC3=O)nc2N1. The van der Waals surface area contributed by atoms with Crippen molar-refractivity contribution in [1.29, 1.82) is 0 Å². The van der Waals surface area contributed by atoms with E-state index >= 15 is 4.39 Å². The second kappa shape index (κ2) is 8.90. The first-order chi connectivity index (χ1) is 19.4. The Morgan fingerprint density at radius 2 is 2.02 bits per heavy atom. The van der Waals surface area contributed by atoms with Gasteiger partial charge in [-0.1, -0.05) is 6.58 Å². The van der Waals surface area contributed by atoms with Gasteiger partial charge in [-0.3, -0.25) is 4.90 Å². The summed E-state index contributed by atoms with van der Waals surface area (Å²) >= 11 is 0. The Kier molecular flexibility index (Phi) is 5.37. The van der Waals surface area contributed by atoms with E-state index < -0.39 is 5.60 Å². The summed E-state index contributed by atoms with van der Waals surface area (Å²) in [7, 11) is 0. The number of likely N-dealkylation sites (tertiary alicyclic amines) is 1. The summed E-state index contributed by atoms with van der Waals surface area (Å²) in [6, 6.07) is 5.63. The van der Waals surface area contributed by atoms with Crippen molar-refractivity contribution in [2.75, 3.05) is 56.1 Å². The molecule has 1 unspecified atom stereocenters. The van der Waals surface area contributed by atoms with Crippen LogP contribution in [-0.4, -0.2) is 72.4 Å². The number of aromatic nitrogens is 2. The third kappa shape index (κ3) is 3.94. The van der Waals surface area contributed by atoms with E-state index in [9.17, 15) is 4.79 Å². The number of benzene rings is 1. The summed E-state index contributed by atoms with van der Waals surface area (Å²) in [5.41, 5.74) is 2.97. The first-order valence-electron chi connectivity index (χ1n) is 14.1. The molecular formula is C29H31FN6O4. The van der Waals surface area contributed by atoms with Gasteiger partial charge in [0.15, 0.2) is 23.0 Å². The van der Waals surface area contributed by atoms with Crippen LogP contribution in [0.4, 0.5) is 20.8 Å². The van der Waals surface area contributed by atoms with Gasteiger partial charge in [-0.25, -0.2) is 19.2 Å². The molecule has 3 aromatic rings. The highest BCUT2D eigenvalue weighted by molar-refractivity contribution is 5.89. The number of halogens is 1. The summed E-state index contributed by atoms with van der Waals surface area (Å²) in [5, 5.41) is 6.34. The van der Waals surface area contributed by atoms with Crippen molar-refractivity contribution >= 4 is 28.8 Å². The minimum atomic E-state index is -0.521. The van der Waals surface area contributed by atoms with Crippen LogP contribution in [-0.2, 0) is 17.6 Å². The highest BCUT2D eigenvalue weighted by Crippen LogP contribution is 2.39. The number of nitrogens with one attached hydrogen (secondary N) is 2. The minimum Gasteiger partial charge on any atom is -0.484 e. The monoisotopic (exact) mass is 546 g/mol. The predicted molar refractivity (Wildman–Crippen MR) is 145 cm³/mol. The molecule has 1 aliphatic carbocycles. The molecule has 0 radical (unpaired) electrons. The summed E-state index contributed by atoms with van der Waals surface area (Å²) in [6.45, 7) is 8.96. The van der Waals surface area contributed by atoms with Crippen molar-refractivity contribution in [3.05, 3.63) is 53.3 Å². The van der Waals surface area contributed by atoms with Gasteiger partial charge in [-0.05, 0) is 48.1 Å². The van der Waals surface area contributed by atoms with E-state index in [4.69, 9.17) is 13.9 Å². The molecule has 5 aliphatic rings. The Morgan fingerprint density at radius 3 is 2.83 bits per heavy atom. The minimum absolute atomic E-state index is 0.238. The number of rotatable bonds is 4. The summed E-state index contributed by atoms with van der Waals surface area (Å²) in [6.07, 6.45) is 2.68. The number of nitrogens with zero attached hydrogens (tertiary/aromatic N) is 4. The molecule has 208 valence electrons. The molecule has 2 N–H and O–H groups in total. The summed E-state index contributed by atoms with van der Waals surface area (Å²) in [4.78, 5) is 26.1. The Morgan fingerprint density at radius 1 is 1.18 bits per heavy atom. The van der Waals surface area contributed by atoms with Crippen molar-refractivity contribution in [2.45, 2.75) is 37.2 Å². The average molecular weight is 547 g/mol. The lowest BCUT2D eigenvalue weighted by atomic mass is 9.90. The first-order valence-corrected chi connectivity index (χ1v) is 14.1. The molecule has 1 aromatic carbocycles. The van der Waals surface area contributed by atoms with E-state index in [1.54, 1.807) is 11.0 Å². The molecule has 4 aliphatic heterocycles. The van der Waals surface area contributed by atoms with Crippen molar-refractivity contribution in [3.63, 3.8) is 0 Å². The smallest absolute Gasteiger partial charge is 0.416 e. The van der Waals surface area contributed by atoms with Gasteiger partial charge in [0.2, 0.25) is 5.89 Å². The van der Waals surface area contributed by atoms with Crippen LogP contribution in [0.25, 0.3) is 11.1 Å². The van der Waals surface area contributed by atoms with E-state index in [1.165, 1.54) is 0 Å². The van der Waals surface area contributed by atoms with E-state index in [0.717, 1.165) is 68.8 Å². The topological polar surface area (TPSA) is 105 Å². The summed E-state index contributed by atoms with van der Waals surface area (Å²) < 4.78 is 32.8. The van der Waals surface area contributed by atoms with Gasteiger partial charge >= 0.3 is 6.09 Å². The maximum atomic E-state index is 15.4. The zero-order valence-electron chi connectivity index (χ0n) is 22.2. The number of amides is 1. The molecule has 8 rings (SSSR count). The van der Waals surface area contributed by atoms with Crippen LogP contribution >= 0.6 is 0 Å². The van der Waals surface area contributed by atoms with Crippen LogP contribution in [0.1, 0.15) is 35.8 Å². The van der Waals surface area contributed by atoms with Crippen molar-refractivity contribution < 1.29 is 23.1 Å². The number of piperidine rings is 1. The normalized spacial score (nSPS) is 24.0. The standard InChI is InChI=1S/C29H31FN6O4/c1-16-14-38-22-2-3-23(34-26(22)32-16)36-15-29(40-28(36)37)4-6-35(7-5-29)13-17-8-18-10-21-25(24(30)20(18)9-17)39-27(33-21)19-11-31-12-19/h2-3,10,17,19,31H,1,4-9,11-15H2,(H,32,34). The van der Waals surface area contributed by atoms with Gasteiger partial charge in [0.05, 0.1) is 12.5 Å². The lowest BCUT2D eigenvalue weighted by Gasteiger charge is -2.38. The number of carbonyl (C=O) groups is 1. The number of oxazole rings is 1. The van der Waals surface area contributed by atoms with E-state index in [2.05, 4.69) is 32.1 Å². The molecular weight excluding hydrogens is 515 g/mol. The molecule has 3 saturated heterocycles. The highest BCUT2D eigenvalue weighted by Gasteiger charge is 2.48. The van der Waals surface area contributed by atoms with Gasteiger partial charge in [-0.15, -0.1) is 0 Å². The van der Waals surface area contributed by atoms with Crippen LogP contribution in [0.3, 0.4) is 0 Å². The third-order valence-electron chi connectivity index (χ3n) is 9.04. The lowest BCUT2D eigenvalue weighted by Crippen LogP contribution is -2.48. The predicted octanol–water partition coefficient (Wildman–Crippen LogP) is 3.57. The van der Waals surface area contributed by atoms with Crippen molar-refractivity contribution in [2.24, 2.45) is 5.92 Å². The molecule has 1 atom stereocenters. The zero-order chi connectivity index (χ0) is 27.0. The molecule has 0 bridgehead atoms. The Hall–Kier alpha value is -3.70. The molecule has 6 heterocycles. The number of carbonyl (C=O) groups excluding carboxylic acids is 1. The molecule has 1 amide bonds. The highest BCUT2D eigenvalue weighted by atomic mass is 19.1. The molecule has 10 nitrogen and oxygen atoms in total. The first kappa shape index (κ1) is 24.1. The molecule has 1 spiro atoms. The van der Waals surface area contributed by atoms with E-state index in [0.29, 0.717) is 59.9 Å². The number of hydrogen-bond donors (Lipinski definition) is 2. The van der Waals surface area contributed by atoms with Gasteiger partial charge in [0.1, 0.15) is 23.5 Å². The number of fused-ring (bicyclic) bond motifs is 3. The average Bonchev–Trinajstić information content (AvgIpc) is 3.60. The van der Waals surface area contributed by atoms with E-state index in [-0.39, 0.29) is 17.8 Å². The Bertz CT molecular complexity index is 1540. The molecule has 0 saturated carbocycles. The van der Waals surface area contributed by atoms with Crippen molar-refractivity contribution in [3.8, 4) is 5.75 Å².